The summed E-state index contributed by atoms with van der Waals surface area (Å²) < 4.78 is 4.68. The van der Waals surface area contributed by atoms with Gasteiger partial charge in [0.1, 0.15) is 0 Å². The molecule has 4 heteroatoms. The van der Waals surface area contributed by atoms with Crippen molar-refractivity contribution in [3.05, 3.63) is 146 Å². The summed E-state index contributed by atoms with van der Waals surface area (Å²) in [5.74, 6) is 0.880. The zero-order valence-electron chi connectivity index (χ0n) is 22.1. The number of rotatable bonds is 2. The third kappa shape index (κ3) is 3.13. The van der Waals surface area contributed by atoms with Gasteiger partial charge in [-0.25, -0.2) is 4.98 Å². The Morgan fingerprint density at radius 3 is 1.90 bits per heavy atom. The molecule has 0 amide bonds. The maximum Gasteiger partial charge on any atom is 0.220 e. The number of hydrogen-bond donors (Lipinski definition) is 0. The van der Waals surface area contributed by atoms with Crippen molar-refractivity contribution in [2.75, 3.05) is 4.90 Å². The molecular formula is C37H24N4. The Morgan fingerprint density at radius 2 is 1.05 bits per heavy atom. The van der Waals surface area contributed by atoms with Gasteiger partial charge in [-0.1, -0.05) is 91.0 Å². The summed E-state index contributed by atoms with van der Waals surface area (Å²) in [7, 11) is 0. The Labute approximate surface area is 237 Å². The molecule has 6 aromatic carbocycles. The molecule has 0 fully saturated rings. The Morgan fingerprint density at radius 1 is 0.415 bits per heavy atom. The lowest BCUT2D eigenvalue weighted by molar-refractivity contribution is 1.05. The number of para-hydroxylation sites is 6. The third-order valence-electron chi connectivity index (χ3n) is 8.25. The van der Waals surface area contributed by atoms with Crippen LogP contribution >= 0.6 is 0 Å². The molecule has 0 atom stereocenters. The molecule has 0 unspecified atom stereocenters. The molecule has 0 radical (unpaired) electrons. The van der Waals surface area contributed by atoms with Crippen LogP contribution in [0.4, 0.5) is 17.3 Å². The molecule has 0 spiro atoms. The van der Waals surface area contributed by atoms with Crippen LogP contribution < -0.4 is 4.90 Å². The van der Waals surface area contributed by atoms with E-state index in [1.807, 2.05) is 0 Å². The summed E-state index contributed by atoms with van der Waals surface area (Å²) in [5.41, 5.74) is 11.2. The topological polar surface area (TPSA) is 26.0 Å². The highest BCUT2D eigenvalue weighted by molar-refractivity contribution is 6.10. The minimum Gasteiger partial charge on any atom is -0.309 e. The van der Waals surface area contributed by atoms with Crippen molar-refractivity contribution in [3.8, 4) is 22.5 Å². The zero-order chi connectivity index (χ0) is 26.9. The fourth-order valence-corrected chi connectivity index (χ4v) is 6.51. The fourth-order valence-electron chi connectivity index (χ4n) is 6.51. The predicted molar refractivity (Wildman–Crippen MR) is 169 cm³/mol. The van der Waals surface area contributed by atoms with Gasteiger partial charge in [0, 0.05) is 27.6 Å². The molecule has 0 N–H and O–H groups in total. The molecular weight excluding hydrogens is 500 g/mol. The first-order valence-corrected chi connectivity index (χ1v) is 13.9. The monoisotopic (exact) mass is 524 g/mol. The maximum absolute atomic E-state index is 5.25. The lowest BCUT2D eigenvalue weighted by Gasteiger charge is -2.24. The van der Waals surface area contributed by atoms with Crippen LogP contribution in [0.3, 0.4) is 0 Å². The molecule has 4 nitrogen and oxygen atoms in total. The Kier molecular flexibility index (Phi) is 4.58. The van der Waals surface area contributed by atoms with Crippen molar-refractivity contribution >= 4 is 50.2 Å². The van der Waals surface area contributed by atoms with Crippen LogP contribution in [-0.2, 0) is 0 Å². The van der Waals surface area contributed by atoms with E-state index in [9.17, 15) is 0 Å². The zero-order valence-corrected chi connectivity index (χ0v) is 22.1. The van der Waals surface area contributed by atoms with Crippen molar-refractivity contribution in [3.63, 3.8) is 0 Å². The molecule has 0 bridgehead atoms. The molecule has 3 heterocycles. The second-order valence-corrected chi connectivity index (χ2v) is 10.5. The van der Waals surface area contributed by atoms with Gasteiger partial charge in [-0.05, 0) is 54.6 Å². The van der Waals surface area contributed by atoms with E-state index in [0.717, 1.165) is 45.2 Å². The highest BCUT2D eigenvalue weighted by Crippen LogP contribution is 2.48. The number of hydrogen-bond acceptors (Lipinski definition) is 2. The number of benzene rings is 6. The van der Waals surface area contributed by atoms with E-state index >= 15 is 0 Å². The van der Waals surface area contributed by atoms with Gasteiger partial charge in [0.2, 0.25) is 5.95 Å². The largest absolute Gasteiger partial charge is 0.309 e. The third-order valence-corrected chi connectivity index (χ3v) is 8.25. The summed E-state index contributed by atoms with van der Waals surface area (Å²) >= 11 is 0. The lowest BCUT2D eigenvalue weighted by atomic mass is 10.0. The predicted octanol–water partition coefficient (Wildman–Crippen LogP) is 9.57. The second kappa shape index (κ2) is 8.44. The highest BCUT2D eigenvalue weighted by Gasteiger charge is 2.29. The van der Waals surface area contributed by atoms with Crippen molar-refractivity contribution < 1.29 is 0 Å². The molecule has 1 aliphatic rings. The SMILES string of the molecule is c1ccc(-n2c3ccccc3c3ccc(N4c5ccccc5-c5ccccc5-n5c4nc4ccccc45)cc32)cc1. The van der Waals surface area contributed by atoms with Crippen LogP contribution in [-0.4, -0.2) is 14.1 Å². The van der Waals surface area contributed by atoms with Crippen molar-refractivity contribution in [2.45, 2.75) is 0 Å². The number of aromatic nitrogens is 3. The maximum atomic E-state index is 5.25. The highest BCUT2D eigenvalue weighted by atomic mass is 15.3. The smallest absolute Gasteiger partial charge is 0.220 e. The summed E-state index contributed by atoms with van der Waals surface area (Å²) in [6.07, 6.45) is 0. The standard InChI is InChI=1S/C37H24N4/c1-2-12-25(13-3-1)39-32-18-8-4-16-29(32)30-23-22-26(24-36(30)39)40-33-19-9-5-14-27(33)28-15-6-10-20-34(28)41-35-21-11-7-17-31(35)38-37(40)41/h1-24H. The minimum atomic E-state index is 0.880. The van der Waals surface area contributed by atoms with Crippen LogP contribution in [0, 0.1) is 0 Å². The van der Waals surface area contributed by atoms with Crippen LogP contribution in [0.2, 0.25) is 0 Å². The van der Waals surface area contributed by atoms with Gasteiger partial charge in [-0.15, -0.1) is 0 Å². The molecule has 0 aliphatic carbocycles. The van der Waals surface area contributed by atoms with Gasteiger partial charge >= 0.3 is 0 Å². The van der Waals surface area contributed by atoms with Crippen LogP contribution in [0.5, 0.6) is 0 Å². The van der Waals surface area contributed by atoms with Gasteiger partial charge < -0.3 is 4.57 Å². The summed E-state index contributed by atoms with van der Waals surface area (Å²) in [6.45, 7) is 0. The van der Waals surface area contributed by atoms with Crippen LogP contribution in [0.15, 0.2) is 146 Å². The van der Waals surface area contributed by atoms with E-state index in [2.05, 4.69) is 160 Å². The van der Waals surface area contributed by atoms with Crippen molar-refractivity contribution in [1.82, 2.24) is 14.1 Å². The van der Waals surface area contributed by atoms with E-state index in [1.165, 1.54) is 27.4 Å². The molecule has 0 saturated carbocycles. The molecule has 0 saturated heterocycles. The molecule has 41 heavy (non-hydrogen) atoms. The number of imidazole rings is 1. The average molecular weight is 525 g/mol. The lowest BCUT2D eigenvalue weighted by Crippen LogP contribution is -2.14. The van der Waals surface area contributed by atoms with E-state index in [0.29, 0.717) is 0 Å². The first-order valence-electron chi connectivity index (χ1n) is 13.9. The normalized spacial score (nSPS) is 12.3. The molecule has 8 aromatic rings. The first kappa shape index (κ1) is 22.2. The second-order valence-electron chi connectivity index (χ2n) is 10.5. The van der Waals surface area contributed by atoms with Crippen LogP contribution in [0.1, 0.15) is 0 Å². The van der Waals surface area contributed by atoms with E-state index in [4.69, 9.17) is 4.98 Å². The van der Waals surface area contributed by atoms with Gasteiger partial charge in [0.05, 0.1) is 39.1 Å². The Hall–Kier alpha value is -5.61. The van der Waals surface area contributed by atoms with Crippen molar-refractivity contribution in [2.24, 2.45) is 0 Å². The van der Waals surface area contributed by atoms with Crippen molar-refractivity contribution in [1.29, 1.82) is 0 Å². The Balaban J connectivity index is 1.40. The van der Waals surface area contributed by atoms with Gasteiger partial charge in [0.25, 0.3) is 0 Å². The minimum absolute atomic E-state index is 0.880. The molecule has 9 rings (SSSR count). The summed E-state index contributed by atoms with van der Waals surface area (Å²) in [6, 6.07) is 51.8. The quantitative estimate of drug-likeness (QED) is 0.225. The molecule has 2 aromatic heterocycles. The van der Waals surface area contributed by atoms with E-state index < -0.39 is 0 Å². The average Bonchev–Trinajstić information content (AvgIpc) is 3.54. The number of nitrogens with zero attached hydrogens (tertiary/aromatic N) is 4. The fraction of sp³-hybridized carbons (Fsp3) is 0. The van der Waals surface area contributed by atoms with Gasteiger partial charge in [-0.3, -0.25) is 9.47 Å². The van der Waals surface area contributed by atoms with E-state index in [-0.39, 0.29) is 0 Å². The van der Waals surface area contributed by atoms with Gasteiger partial charge in [-0.2, -0.15) is 0 Å². The molecule has 192 valence electrons. The Bertz CT molecular complexity index is 2270. The summed E-state index contributed by atoms with van der Waals surface area (Å²) in [4.78, 5) is 7.58. The van der Waals surface area contributed by atoms with Crippen LogP contribution in [0.25, 0.3) is 55.3 Å². The molecule has 1 aliphatic heterocycles. The number of anilines is 3. The van der Waals surface area contributed by atoms with E-state index in [1.54, 1.807) is 0 Å². The summed E-state index contributed by atoms with van der Waals surface area (Å²) in [5, 5.41) is 2.47. The van der Waals surface area contributed by atoms with Gasteiger partial charge in [0.15, 0.2) is 0 Å². The first-order chi connectivity index (χ1) is 20.4. The number of fused-ring (bicyclic) bond motifs is 10.